The topological polar surface area (TPSA) is 106 Å². The van der Waals surface area contributed by atoms with Gasteiger partial charge in [-0.2, -0.15) is 0 Å². The van der Waals surface area contributed by atoms with E-state index in [9.17, 15) is 14.4 Å². The van der Waals surface area contributed by atoms with Crippen LogP contribution in [0.25, 0.3) is 6.08 Å². The third-order valence-corrected chi connectivity index (χ3v) is 8.58. The molecule has 5 aromatic carbocycles. The van der Waals surface area contributed by atoms with Gasteiger partial charge >= 0.3 is 0 Å². The van der Waals surface area contributed by atoms with Crippen molar-refractivity contribution in [2.24, 2.45) is 0 Å². The summed E-state index contributed by atoms with van der Waals surface area (Å²) in [5, 5.41) is 8.34. The first kappa shape index (κ1) is 33.8. The van der Waals surface area contributed by atoms with E-state index in [1.54, 1.807) is 98.1 Å². The van der Waals surface area contributed by atoms with Crippen molar-refractivity contribution >= 4 is 58.5 Å². The second-order valence-corrected chi connectivity index (χ2v) is 12.0. The zero-order valence-corrected chi connectivity index (χ0v) is 27.7. The number of ether oxygens (including phenoxy) is 2. The minimum absolute atomic E-state index is 0.0369. The molecule has 0 bridgehead atoms. The number of benzene rings is 5. The highest BCUT2D eigenvalue weighted by atomic mass is 35.5. The van der Waals surface area contributed by atoms with Crippen molar-refractivity contribution in [3.8, 4) is 11.5 Å². The minimum Gasteiger partial charge on any atom is -0.497 e. The molecular formula is C38H32ClN3O5S. The molecule has 48 heavy (non-hydrogen) atoms. The largest absolute Gasteiger partial charge is 0.497 e. The lowest BCUT2D eigenvalue weighted by Gasteiger charge is -2.18. The Bertz CT molecular complexity index is 1940. The summed E-state index contributed by atoms with van der Waals surface area (Å²) in [4.78, 5) is 41.1. The number of hydrogen-bond acceptors (Lipinski definition) is 6. The van der Waals surface area contributed by atoms with Crippen LogP contribution in [0, 0.1) is 0 Å². The van der Waals surface area contributed by atoms with Gasteiger partial charge in [0.05, 0.1) is 19.2 Å². The molecule has 8 nitrogen and oxygen atoms in total. The van der Waals surface area contributed by atoms with Crippen LogP contribution in [0.2, 0.25) is 5.02 Å². The van der Waals surface area contributed by atoms with Crippen LogP contribution in [-0.4, -0.2) is 31.9 Å². The fourth-order valence-corrected chi connectivity index (χ4v) is 6.02. The van der Waals surface area contributed by atoms with E-state index in [2.05, 4.69) is 16.0 Å². The second kappa shape index (κ2) is 16.4. The Morgan fingerprint density at radius 1 is 0.729 bits per heavy atom. The standard InChI is InChI=1S/C38H32ClN3O5S/c1-46-30-17-9-11-25(21-30)22-33(42-36(43)27-14-7-4-8-15-27)37(44)40-28-16-10-18-31(23-28)48-35(26-12-5-3-6-13-26)38(45)41-29-19-20-34(47-2)32(39)24-29/h3-24,35H,1-2H3,(H,40,44)(H,41,45)(H,42,43)/b33-22-. The van der Waals surface area contributed by atoms with E-state index < -0.39 is 17.1 Å². The van der Waals surface area contributed by atoms with Gasteiger partial charge in [0.15, 0.2) is 0 Å². The smallest absolute Gasteiger partial charge is 0.272 e. The van der Waals surface area contributed by atoms with Gasteiger partial charge < -0.3 is 25.4 Å². The van der Waals surface area contributed by atoms with Crippen LogP contribution in [0.1, 0.15) is 26.7 Å². The fraction of sp³-hybridized carbons (Fsp3) is 0.0789. The monoisotopic (exact) mass is 677 g/mol. The van der Waals surface area contributed by atoms with Crippen molar-refractivity contribution in [3.05, 3.63) is 155 Å². The highest BCUT2D eigenvalue weighted by Crippen LogP contribution is 2.38. The first-order chi connectivity index (χ1) is 23.3. The van der Waals surface area contributed by atoms with Crippen LogP contribution in [0.4, 0.5) is 11.4 Å². The second-order valence-electron chi connectivity index (χ2n) is 10.4. The normalized spacial score (nSPS) is 11.6. The van der Waals surface area contributed by atoms with E-state index in [-0.39, 0.29) is 11.6 Å². The van der Waals surface area contributed by atoms with Crippen molar-refractivity contribution in [2.45, 2.75) is 10.1 Å². The third kappa shape index (κ3) is 9.06. The zero-order valence-electron chi connectivity index (χ0n) is 26.1. The highest BCUT2D eigenvalue weighted by molar-refractivity contribution is 8.00. The number of methoxy groups -OCH3 is 2. The number of carbonyl (C=O) groups excluding carboxylic acids is 3. The molecule has 0 aliphatic rings. The van der Waals surface area contributed by atoms with Gasteiger partial charge in [-0.05, 0) is 77.9 Å². The lowest BCUT2D eigenvalue weighted by Crippen LogP contribution is -2.30. The van der Waals surface area contributed by atoms with E-state index in [1.807, 2.05) is 42.5 Å². The quantitative estimate of drug-likeness (QED) is 0.0908. The van der Waals surface area contributed by atoms with Gasteiger partial charge in [0, 0.05) is 21.8 Å². The summed E-state index contributed by atoms with van der Waals surface area (Å²) >= 11 is 7.62. The summed E-state index contributed by atoms with van der Waals surface area (Å²) in [5.41, 5.74) is 2.90. The molecule has 0 spiro atoms. The van der Waals surface area contributed by atoms with Crippen LogP contribution in [0.15, 0.2) is 138 Å². The van der Waals surface area contributed by atoms with Crippen molar-refractivity contribution in [1.82, 2.24) is 5.32 Å². The predicted molar refractivity (Wildman–Crippen MR) is 192 cm³/mol. The lowest BCUT2D eigenvalue weighted by molar-refractivity contribution is -0.116. The van der Waals surface area contributed by atoms with Gasteiger partial charge in [0.25, 0.3) is 11.8 Å². The summed E-state index contributed by atoms with van der Waals surface area (Å²) in [5.74, 6) is -0.107. The van der Waals surface area contributed by atoms with Crippen molar-refractivity contribution in [1.29, 1.82) is 0 Å². The van der Waals surface area contributed by atoms with Crippen molar-refractivity contribution in [2.75, 3.05) is 24.9 Å². The molecule has 0 aliphatic carbocycles. The molecule has 10 heteroatoms. The van der Waals surface area contributed by atoms with E-state index >= 15 is 0 Å². The van der Waals surface area contributed by atoms with Crippen LogP contribution in [-0.2, 0) is 9.59 Å². The van der Waals surface area contributed by atoms with Gasteiger partial charge in [0.1, 0.15) is 22.4 Å². The minimum atomic E-state index is -0.633. The van der Waals surface area contributed by atoms with E-state index in [0.717, 1.165) is 10.5 Å². The molecular weight excluding hydrogens is 646 g/mol. The van der Waals surface area contributed by atoms with Crippen molar-refractivity contribution in [3.63, 3.8) is 0 Å². The van der Waals surface area contributed by atoms with Gasteiger partial charge in [-0.15, -0.1) is 11.8 Å². The SMILES string of the molecule is COc1cccc(/C=C(\NC(=O)c2ccccc2)C(=O)Nc2cccc(SC(C(=O)Nc3ccc(OC)c(Cl)c3)c3ccccc3)c2)c1. The average Bonchev–Trinajstić information content (AvgIpc) is 3.11. The van der Waals surface area contributed by atoms with Crippen LogP contribution >= 0.6 is 23.4 Å². The van der Waals surface area contributed by atoms with Crippen LogP contribution in [0.5, 0.6) is 11.5 Å². The van der Waals surface area contributed by atoms with Gasteiger partial charge in [-0.1, -0.05) is 78.3 Å². The first-order valence-corrected chi connectivity index (χ1v) is 16.1. The lowest BCUT2D eigenvalue weighted by atomic mass is 10.1. The average molecular weight is 678 g/mol. The molecule has 0 heterocycles. The zero-order chi connectivity index (χ0) is 33.9. The summed E-state index contributed by atoms with van der Waals surface area (Å²) in [7, 11) is 3.08. The number of amides is 3. The Morgan fingerprint density at radius 3 is 2.15 bits per heavy atom. The summed E-state index contributed by atoms with van der Waals surface area (Å²) in [6.45, 7) is 0. The first-order valence-electron chi connectivity index (χ1n) is 14.8. The maximum Gasteiger partial charge on any atom is 0.272 e. The van der Waals surface area contributed by atoms with Gasteiger partial charge in [-0.3, -0.25) is 14.4 Å². The molecule has 242 valence electrons. The molecule has 0 aromatic heterocycles. The maximum atomic E-state index is 13.7. The Labute approximate surface area is 288 Å². The number of rotatable bonds is 12. The van der Waals surface area contributed by atoms with E-state index in [0.29, 0.717) is 39.0 Å². The number of nitrogens with one attached hydrogen (secondary N) is 3. The number of carbonyl (C=O) groups is 3. The Balaban J connectivity index is 1.38. The third-order valence-electron chi connectivity index (χ3n) is 7.04. The highest BCUT2D eigenvalue weighted by Gasteiger charge is 2.23. The Kier molecular flexibility index (Phi) is 11.5. The summed E-state index contributed by atoms with van der Waals surface area (Å²) in [6, 6.07) is 37.4. The molecule has 3 amide bonds. The number of hydrogen-bond donors (Lipinski definition) is 3. The Hall–Kier alpha value is -5.51. The number of halogens is 1. The number of anilines is 2. The number of thioether (sulfide) groups is 1. The maximum absolute atomic E-state index is 13.7. The van der Waals surface area contributed by atoms with Crippen LogP contribution < -0.4 is 25.4 Å². The molecule has 0 saturated heterocycles. The molecule has 0 radical (unpaired) electrons. The Morgan fingerprint density at radius 2 is 1.44 bits per heavy atom. The fourth-order valence-electron chi connectivity index (χ4n) is 4.67. The van der Waals surface area contributed by atoms with E-state index in [1.165, 1.54) is 18.9 Å². The van der Waals surface area contributed by atoms with Crippen molar-refractivity contribution < 1.29 is 23.9 Å². The molecule has 5 aromatic rings. The molecule has 0 fully saturated rings. The van der Waals surface area contributed by atoms with Gasteiger partial charge in [0.2, 0.25) is 5.91 Å². The van der Waals surface area contributed by atoms with Crippen LogP contribution in [0.3, 0.4) is 0 Å². The molecule has 5 rings (SSSR count). The van der Waals surface area contributed by atoms with E-state index in [4.69, 9.17) is 21.1 Å². The summed E-state index contributed by atoms with van der Waals surface area (Å²) in [6.07, 6.45) is 1.58. The molecule has 1 unspecified atom stereocenters. The molecule has 0 saturated carbocycles. The molecule has 0 aliphatic heterocycles. The molecule has 3 N–H and O–H groups in total. The summed E-state index contributed by atoms with van der Waals surface area (Å²) < 4.78 is 10.5. The van der Waals surface area contributed by atoms with Gasteiger partial charge in [-0.25, -0.2) is 0 Å². The molecule has 1 atom stereocenters. The predicted octanol–water partition coefficient (Wildman–Crippen LogP) is 8.24.